The predicted molar refractivity (Wildman–Crippen MR) is 95.1 cm³/mol. The highest BCUT2D eigenvalue weighted by Gasteiger charge is 2.29. The van der Waals surface area contributed by atoms with Crippen molar-refractivity contribution in [3.8, 4) is 0 Å². The number of anilines is 1. The molecule has 0 spiro atoms. The Kier molecular flexibility index (Phi) is 6.74. The van der Waals surface area contributed by atoms with E-state index < -0.39 is 5.97 Å². The van der Waals surface area contributed by atoms with Crippen LogP contribution in [0, 0.1) is 11.8 Å². The molecule has 1 fully saturated rings. The van der Waals surface area contributed by atoms with Gasteiger partial charge in [-0.05, 0) is 49.9 Å². The van der Waals surface area contributed by atoms with Gasteiger partial charge in [-0.1, -0.05) is 6.08 Å². The van der Waals surface area contributed by atoms with Gasteiger partial charge in [0.1, 0.15) is 0 Å². The molecule has 6 nitrogen and oxygen atoms in total. The van der Waals surface area contributed by atoms with Gasteiger partial charge in [0, 0.05) is 24.1 Å². The number of hydrogen-bond acceptors (Lipinski definition) is 4. The van der Waals surface area contributed by atoms with Crippen LogP contribution in [0.4, 0.5) is 5.69 Å². The number of nitrogens with one attached hydrogen (secondary N) is 2. The van der Waals surface area contributed by atoms with E-state index in [1.807, 2.05) is 0 Å². The molecule has 0 radical (unpaired) electrons. The molecule has 1 aromatic carbocycles. The first kappa shape index (κ1) is 18.7. The number of carbonyl (C=O) groups excluding carboxylic acids is 3. The summed E-state index contributed by atoms with van der Waals surface area (Å²) in [7, 11) is 1.33. The van der Waals surface area contributed by atoms with E-state index in [2.05, 4.69) is 21.9 Å². The number of methoxy groups -OCH3 is 1. The molecular weight excluding hydrogens is 320 g/mol. The molecule has 134 valence electrons. The lowest BCUT2D eigenvalue weighted by atomic mass is 9.81. The molecule has 1 aliphatic rings. The van der Waals surface area contributed by atoms with Crippen molar-refractivity contribution in [1.29, 1.82) is 0 Å². The van der Waals surface area contributed by atoms with Gasteiger partial charge in [-0.3, -0.25) is 9.59 Å². The topological polar surface area (TPSA) is 84.5 Å². The van der Waals surface area contributed by atoms with Crippen LogP contribution in [0.5, 0.6) is 0 Å². The normalized spacial score (nSPS) is 19.6. The molecule has 25 heavy (non-hydrogen) atoms. The van der Waals surface area contributed by atoms with E-state index in [1.54, 1.807) is 30.3 Å². The predicted octanol–water partition coefficient (Wildman–Crippen LogP) is 2.52. The van der Waals surface area contributed by atoms with Crippen molar-refractivity contribution in [2.75, 3.05) is 19.0 Å². The fraction of sp³-hybridized carbons (Fsp3) is 0.421. The summed E-state index contributed by atoms with van der Waals surface area (Å²) >= 11 is 0. The van der Waals surface area contributed by atoms with Gasteiger partial charge < -0.3 is 15.4 Å². The summed E-state index contributed by atoms with van der Waals surface area (Å²) in [6, 6.07) is 6.58. The van der Waals surface area contributed by atoms with Crippen LogP contribution in [0.3, 0.4) is 0 Å². The standard InChI is InChI=1S/C19H24N2O4/c1-3-12-20-17(22)13-4-6-14(7-5-13)18(23)21-16-10-8-15(9-11-16)19(24)25-2/h3,8-11,13-14H,1,4-7,12H2,2H3,(H,20,22)(H,21,23). The molecule has 1 aromatic rings. The fourth-order valence-electron chi connectivity index (χ4n) is 2.99. The Balaban J connectivity index is 1.83. The SMILES string of the molecule is C=CCNC(=O)C1CCC(C(=O)Nc2ccc(C(=O)OC)cc2)CC1. The Bertz CT molecular complexity index is 631. The average Bonchev–Trinajstić information content (AvgIpc) is 2.66. The van der Waals surface area contributed by atoms with E-state index in [1.165, 1.54) is 7.11 Å². The Morgan fingerprint density at radius 3 is 2.16 bits per heavy atom. The largest absolute Gasteiger partial charge is 0.465 e. The van der Waals surface area contributed by atoms with Gasteiger partial charge >= 0.3 is 5.97 Å². The van der Waals surface area contributed by atoms with Crippen LogP contribution in [-0.2, 0) is 14.3 Å². The molecule has 1 saturated carbocycles. The summed E-state index contributed by atoms with van der Waals surface area (Å²) in [6.45, 7) is 4.05. The molecule has 0 unspecified atom stereocenters. The van der Waals surface area contributed by atoms with Crippen LogP contribution in [0.15, 0.2) is 36.9 Å². The molecule has 2 amide bonds. The van der Waals surface area contributed by atoms with Gasteiger partial charge in [-0.2, -0.15) is 0 Å². The zero-order chi connectivity index (χ0) is 18.2. The number of esters is 1. The van der Waals surface area contributed by atoms with Gasteiger partial charge in [-0.15, -0.1) is 6.58 Å². The first-order valence-electron chi connectivity index (χ1n) is 8.43. The van der Waals surface area contributed by atoms with Gasteiger partial charge in [0.25, 0.3) is 0 Å². The lowest BCUT2D eigenvalue weighted by Crippen LogP contribution is -2.35. The summed E-state index contributed by atoms with van der Waals surface area (Å²) in [5.41, 5.74) is 1.08. The minimum absolute atomic E-state index is 0.0247. The minimum atomic E-state index is -0.411. The second-order valence-corrected chi connectivity index (χ2v) is 6.14. The van der Waals surface area contributed by atoms with Gasteiger partial charge in [0.15, 0.2) is 0 Å². The van der Waals surface area contributed by atoms with Gasteiger partial charge in [0.2, 0.25) is 11.8 Å². The lowest BCUT2D eigenvalue weighted by molar-refractivity contribution is -0.128. The van der Waals surface area contributed by atoms with Crippen molar-refractivity contribution in [3.05, 3.63) is 42.5 Å². The molecule has 2 rings (SSSR count). The number of ether oxygens (including phenoxy) is 1. The van der Waals surface area contributed by atoms with Crippen molar-refractivity contribution < 1.29 is 19.1 Å². The highest BCUT2D eigenvalue weighted by Crippen LogP contribution is 2.29. The second kappa shape index (κ2) is 9.01. The Morgan fingerprint density at radius 2 is 1.64 bits per heavy atom. The Hall–Kier alpha value is -2.63. The van der Waals surface area contributed by atoms with E-state index in [9.17, 15) is 14.4 Å². The molecule has 0 heterocycles. The van der Waals surface area contributed by atoms with E-state index >= 15 is 0 Å². The summed E-state index contributed by atoms with van der Waals surface area (Å²) in [5.74, 6) is -0.536. The van der Waals surface area contributed by atoms with Crippen LogP contribution < -0.4 is 10.6 Å². The molecule has 2 N–H and O–H groups in total. The summed E-state index contributed by atoms with van der Waals surface area (Å²) in [4.78, 5) is 35.7. The number of rotatable bonds is 6. The van der Waals surface area contributed by atoms with E-state index in [0.717, 1.165) is 0 Å². The van der Waals surface area contributed by atoms with E-state index in [-0.39, 0.29) is 23.7 Å². The second-order valence-electron chi connectivity index (χ2n) is 6.14. The molecule has 0 aromatic heterocycles. The van der Waals surface area contributed by atoms with Crippen LogP contribution >= 0.6 is 0 Å². The van der Waals surface area contributed by atoms with Gasteiger partial charge in [-0.25, -0.2) is 4.79 Å². The molecule has 0 atom stereocenters. The number of benzene rings is 1. The highest BCUT2D eigenvalue weighted by molar-refractivity contribution is 5.94. The highest BCUT2D eigenvalue weighted by atomic mass is 16.5. The lowest BCUT2D eigenvalue weighted by Gasteiger charge is -2.27. The Labute approximate surface area is 147 Å². The van der Waals surface area contributed by atoms with Crippen molar-refractivity contribution in [3.63, 3.8) is 0 Å². The first-order chi connectivity index (χ1) is 12.0. The third-order valence-electron chi connectivity index (χ3n) is 4.46. The average molecular weight is 344 g/mol. The first-order valence-corrected chi connectivity index (χ1v) is 8.43. The summed E-state index contributed by atoms with van der Waals surface area (Å²) in [6.07, 6.45) is 4.46. The molecular formula is C19H24N2O4. The van der Waals surface area contributed by atoms with Crippen LogP contribution in [0.2, 0.25) is 0 Å². The van der Waals surface area contributed by atoms with E-state index in [0.29, 0.717) is 43.5 Å². The molecule has 0 aliphatic heterocycles. The summed E-state index contributed by atoms with van der Waals surface area (Å²) < 4.78 is 4.64. The van der Waals surface area contributed by atoms with E-state index in [4.69, 9.17) is 0 Å². The third-order valence-corrected chi connectivity index (χ3v) is 4.46. The maximum atomic E-state index is 12.4. The monoisotopic (exact) mass is 344 g/mol. The molecule has 6 heteroatoms. The van der Waals surface area contributed by atoms with Crippen LogP contribution in [-0.4, -0.2) is 31.4 Å². The van der Waals surface area contributed by atoms with Crippen molar-refractivity contribution in [2.45, 2.75) is 25.7 Å². The smallest absolute Gasteiger partial charge is 0.337 e. The quantitative estimate of drug-likeness (QED) is 0.613. The van der Waals surface area contributed by atoms with Crippen molar-refractivity contribution in [2.24, 2.45) is 11.8 Å². The molecule has 1 aliphatic carbocycles. The third kappa shape index (κ3) is 5.17. The molecule has 0 saturated heterocycles. The van der Waals surface area contributed by atoms with Crippen molar-refractivity contribution >= 4 is 23.5 Å². The zero-order valence-electron chi connectivity index (χ0n) is 14.4. The number of carbonyl (C=O) groups is 3. The van der Waals surface area contributed by atoms with Gasteiger partial charge in [0.05, 0.1) is 12.7 Å². The zero-order valence-corrected chi connectivity index (χ0v) is 14.4. The molecule has 0 bridgehead atoms. The number of hydrogen-bond donors (Lipinski definition) is 2. The maximum absolute atomic E-state index is 12.4. The fourth-order valence-corrected chi connectivity index (χ4v) is 2.99. The number of amides is 2. The Morgan fingerprint density at radius 1 is 1.08 bits per heavy atom. The maximum Gasteiger partial charge on any atom is 0.337 e. The van der Waals surface area contributed by atoms with Crippen LogP contribution in [0.1, 0.15) is 36.0 Å². The minimum Gasteiger partial charge on any atom is -0.465 e. The van der Waals surface area contributed by atoms with Crippen molar-refractivity contribution in [1.82, 2.24) is 5.32 Å². The van der Waals surface area contributed by atoms with Crippen LogP contribution in [0.25, 0.3) is 0 Å². The summed E-state index contributed by atoms with van der Waals surface area (Å²) in [5, 5.41) is 5.68.